The first kappa shape index (κ1) is 18.0. The molecule has 0 radical (unpaired) electrons. The zero-order valence-electron chi connectivity index (χ0n) is 16.6. The van der Waals surface area contributed by atoms with Crippen molar-refractivity contribution in [2.45, 2.75) is 77.9 Å². The van der Waals surface area contributed by atoms with Crippen LogP contribution in [0.5, 0.6) is 0 Å². The summed E-state index contributed by atoms with van der Waals surface area (Å²) >= 11 is 0. The smallest absolute Gasteiger partial charge is 0.222 e. The average molecular weight is 356 g/mol. The van der Waals surface area contributed by atoms with Crippen LogP contribution in [-0.2, 0) is 11.3 Å². The molecule has 3 heterocycles. The van der Waals surface area contributed by atoms with Gasteiger partial charge in [0, 0.05) is 50.5 Å². The van der Waals surface area contributed by atoms with Gasteiger partial charge in [-0.15, -0.1) is 0 Å². The molecule has 0 N–H and O–H groups in total. The van der Waals surface area contributed by atoms with Crippen LogP contribution < -0.4 is 0 Å². The lowest BCUT2D eigenvalue weighted by Crippen LogP contribution is -2.41. The van der Waals surface area contributed by atoms with Gasteiger partial charge in [0.2, 0.25) is 5.91 Å². The number of aromatic nitrogens is 1. The van der Waals surface area contributed by atoms with E-state index in [0.717, 1.165) is 24.9 Å². The number of pyridine rings is 1. The van der Waals surface area contributed by atoms with E-state index in [1.54, 1.807) is 6.20 Å². The van der Waals surface area contributed by atoms with Crippen LogP contribution in [0.1, 0.15) is 64.9 Å². The molecular formula is C22H33N3O. The zero-order chi connectivity index (χ0) is 18.4. The third-order valence-corrected chi connectivity index (χ3v) is 6.80. The fraction of sp³-hybridized carbons (Fsp3) is 0.727. The van der Waals surface area contributed by atoms with Crippen molar-refractivity contribution < 1.29 is 4.79 Å². The van der Waals surface area contributed by atoms with Crippen molar-refractivity contribution in [1.29, 1.82) is 0 Å². The quantitative estimate of drug-likeness (QED) is 0.826. The molecule has 0 aromatic carbocycles. The lowest BCUT2D eigenvalue weighted by Gasteiger charge is -2.40. The van der Waals surface area contributed by atoms with Crippen molar-refractivity contribution in [1.82, 2.24) is 14.8 Å². The average Bonchev–Trinajstić information content (AvgIpc) is 2.70. The standard InChI is InChI=1S/C22H33N3O/c1-21(2)11-19-12-22(3,15-21)16-25(19)18-6-7-20(26)24(10-8-18)14-17-5-4-9-23-13-17/h4-5,9,13,18-19H,6-8,10-12,14-16H2,1-3H3. The minimum absolute atomic E-state index is 0.310. The Kier molecular flexibility index (Phi) is 4.58. The summed E-state index contributed by atoms with van der Waals surface area (Å²) in [7, 11) is 0. The van der Waals surface area contributed by atoms with Crippen LogP contribution in [0.25, 0.3) is 0 Å². The van der Waals surface area contributed by atoms with Gasteiger partial charge in [-0.3, -0.25) is 14.7 Å². The SMILES string of the molecule is CC1(C)CC2CC(C)(CN2C2CCC(=O)N(Cc3cccnc3)CC2)C1. The first-order valence-electron chi connectivity index (χ1n) is 10.3. The summed E-state index contributed by atoms with van der Waals surface area (Å²) in [6.07, 6.45) is 10.5. The highest BCUT2D eigenvalue weighted by Crippen LogP contribution is 2.53. The number of rotatable bonds is 3. The Bertz CT molecular complexity index is 659. The molecule has 4 rings (SSSR count). The molecule has 1 aromatic rings. The van der Waals surface area contributed by atoms with Crippen molar-refractivity contribution in [3.8, 4) is 0 Å². The van der Waals surface area contributed by atoms with Crippen LogP contribution in [0, 0.1) is 10.8 Å². The molecule has 1 saturated carbocycles. The molecule has 2 saturated heterocycles. The molecule has 142 valence electrons. The largest absolute Gasteiger partial charge is 0.338 e. The summed E-state index contributed by atoms with van der Waals surface area (Å²) in [6, 6.07) is 5.30. The van der Waals surface area contributed by atoms with Gasteiger partial charge in [0.15, 0.2) is 0 Å². The maximum absolute atomic E-state index is 12.7. The lowest BCUT2D eigenvalue weighted by atomic mass is 9.65. The molecule has 1 aliphatic carbocycles. The van der Waals surface area contributed by atoms with Crippen LogP contribution in [0.4, 0.5) is 0 Å². The van der Waals surface area contributed by atoms with E-state index in [1.807, 2.05) is 17.2 Å². The molecule has 3 aliphatic rings. The van der Waals surface area contributed by atoms with Crippen molar-refractivity contribution in [2.75, 3.05) is 13.1 Å². The van der Waals surface area contributed by atoms with E-state index in [1.165, 1.54) is 25.8 Å². The van der Waals surface area contributed by atoms with E-state index in [4.69, 9.17) is 0 Å². The summed E-state index contributed by atoms with van der Waals surface area (Å²) in [5.74, 6) is 0.310. The van der Waals surface area contributed by atoms with Gasteiger partial charge in [-0.05, 0) is 54.6 Å². The van der Waals surface area contributed by atoms with Gasteiger partial charge in [0.05, 0.1) is 0 Å². The third-order valence-electron chi connectivity index (χ3n) is 6.80. The number of carbonyl (C=O) groups excluding carboxylic acids is 1. The van der Waals surface area contributed by atoms with Crippen LogP contribution >= 0.6 is 0 Å². The maximum Gasteiger partial charge on any atom is 0.222 e. The number of hydrogen-bond acceptors (Lipinski definition) is 3. The Hall–Kier alpha value is -1.42. The Morgan fingerprint density at radius 3 is 2.81 bits per heavy atom. The van der Waals surface area contributed by atoms with Gasteiger partial charge in [0.1, 0.15) is 0 Å². The Labute approximate surface area is 158 Å². The molecule has 0 spiro atoms. The highest BCUT2D eigenvalue weighted by Gasteiger charge is 2.51. The summed E-state index contributed by atoms with van der Waals surface area (Å²) in [5.41, 5.74) is 2.06. The van der Waals surface area contributed by atoms with E-state index in [9.17, 15) is 4.79 Å². The molecule has 4 heteroatoms. The monoisotopic (exact) mass is 355 g/mol. The number of hydrogen-bond donors (Lipinski definition) is 0. The van der Waals surface area contributed by atoms with Crippen LogP contribution in [0.2, 0.25) is 0 Å². The summed E-state index contributed by atoms with van der Waals surface area (Å²) in [5, 5.41) is 0. The molecule has 26 heavy (non-hydrogen) atoms. The normalized spacial score (nSPS) is 34.7. The minimum atomic E-state index is 0.310. The van der Waals surface area contributed by atoms with Crippen molar-refractivity contribution in [3.05, 3.63) is 30.1 Å². The molecule has 1 aromatic heterocycles. The van der Waals surface area contributed by atoms with E-state index in [2.05, 4.69) is 36.7 Å². The number of carbonyl (C=O) groups is 1. The van der Waals surface area contributed by atoms with Gasteiger partial charge in [-0.2, -0.15) is 0 Å². The highest BCUT2D eigenvalue weighted by molar-refractivity contribution is 5.76. The van der Waals surface area contributed by atoms with E-state index in [0.29, 0.717) is 41.8 Å². The highest BCUT2D eigenvalue weighted by atomic mass is 16.2. The molecule has 2 bridgehead atoms. The van der Waals surface area contributed by atoms with Crippen molar-refractivity contribution >= 4 is 5.91 Å². The van der Waals surface area contributed by atoms with Crippen molar-refractivity contribution in [3.63, 3.8) is 0 Å². The third kappa shape index (κ3) is 3.66. The molecule has 1 amide bonds. The van der Waals surface area contributed by atoms with Gasteiger partial charge in [0.25, 0.3) is 0 Å². The predicted molar refractivity (Wildman–Crippen MR) is 104 cm³/mol. The Balaban J connectivity index is 1.43. The number of fused-ring (bicyclic) bond motifs is 2. The summed E-state index contributed by atoms with van der Waals surface area (Å²) in [6.45, 7) is 10.2. The lowest BCUT2D eigenvalue weighted by molar-refractivity contribution is -0.131. The first-order valence-corrected chi connectivity index (χ1v) is 10.3. The minimum Gasteiger partial charge on any atom is -0.338 e. The fourth-order valence-corrected chi connectivity index (χ4v) is 6.16. The molecule has 2 aliphatic heterocycles. The van der Waals surface area contributed by atoms with Crippen molar-refractivity contribution in [2.24, 2.45) is 10.8 Å². The zero-order valence-corrected chi connectivity index (χ0v) is 16.6. The maximum atomic E-state index is 12.7. The molecule has 3 unspecified atom stereocenters. The second kappa shape index (κ2) is 6.63. The molecule has 4 nitrogen and oxygen atoms in total. The van der Waals surface area contributed by atoms with Crippen LogP contribution in [-0.4, -0.2) is 45.9 Å². The van der Waals surface area contributed by atoms with Crippen LogP contribution in [0.3, 0.4) is 0 Å². The number of nitrogens with zero attached hydrogens (tertiary/aromatic N) is 3. The number of amides is 1. The van der Waals surface area contributed by atoms with Gasteiger partial charge < -0.3 is 4.90 Å². The second-order valence-corrected chi connectivity index (χ2v) is 10.0. The van der Waals surface area contributed by atoms with E-state index >= 15 is 0 Å². The predicted octanol–water partition coefficient (Wildman–Crippen LogP) is 3.86. The topological polar surface area (TPSA) is 36.4 Å². The van der Waals surface area contributed by atoms with Gasteiger partial charge in [-0.1, -0.05) is 26.8 Å². The van der Waals surface area contributed by atoms with Gasteiger partial charge >= 0.3 is 0 Å². The first-order chi connectivity index (χ1) is 12.3. The summed E-state index contributed by atoms with van der Waals surface area (Å²) in [4.78, 5) is 21.7. The summed E-state index contributed by atoms with van der Waals surface area (Å²) < 4.78 is 0. The fourth-order valence-electron chi connectivity index (χ4n) is 6.16. The Morgan fingerprint density at radius 1 is 1.19 bits per heavy atom. The van der Waals surface area contributed by atoms with Gasteiger partial charge in [-0.25, -0.2) is 0 Å². The van der Waals surface area contributed by atoms with E-state index in [-0.39, 0.29) is 0 Å². The molecule has 3 atom stereocenters. The Morgan fingerprint density at radius 2 is 2.04 bits per heavy atom. The second-order valence-electron chi connectivity index (χ2n) is 10.0. The van der Waals surface area contributed by atoms with Crippen LogP contribution in [0.15, 0.2) is 24.5 Å². The number of likely N-dealkylation sites (tertiary alicyclic amines) is 2. The molecule has 3 fully saturated rings. The molecular weight excluding hydrogens is 322 g/mol. The van der Waals surface area contributed by atoms with E-state index < -0.39 is 0 Å².